The summed E-state index contributed by atoms with van der Waals surface area (Å²) >= 11 is 0. The van der Waals surface area contributed by atoms with Gasteiger partial charge in [0.1, 0.15) is 0 Å². The minimum absolute atomic E-state index is 0.0533. The van der Waals surface area contributed by atoms with Crippen LogP contribution in [0.25, 0.3) is 0 Å². The van der Waals surface area contributed by atoms with Gasteiger partial charge in [0.2, 0.25) is 5.91 Å². The highest BCUT2D eigenvalue weighted by molar-refractivity contribution is 5.89. The Morgan fingerprint density at radius 3 is 2.74 bits per heavy atom. The Balaban J connectivity index is 1.57. The molecule has 1 aromatic rings. The van der Waals surface area contributed by atoms with Crippen molar-refractivity contribution in [1.29, 1.82) is 0 Å². The van der Waals surface area contributed by atoms with Gasteiger partial charge in [-0.2, -0.15) is 0 Å². The molecule has 2 fully saturated rings. The third kappa shape index (κ3) is 6.22. The number of rotatable bonds is 5. The molecule has 3 amide bonds. The number of carbonyl (C=O) groups excluding carboxylic acids is 2. The van der Waals surface area contributed by atoms with Gasteiger partial charge in [0.25, 0.3) is 0 Å². The van der Waals surface area contributed by atoms with Crippen molar-refractivity contribution < 1.29 is 14.3 Å². The first kappa shape index (κ1) is 19.6. The third-order valence-electron chi connectivity index (χ3n) is 5.10. The summed E-state index contributed by atoms with van der Waals surface area (Å²) in [5.41, 5.74) is 6.72. The van der Waals surface area contributed by atoms with Crippen LogP contribution in [0.2, 0.25) is 0 Å². The van der Waals surface area contributed by atoms with Crippen molar-refractivity contribution in [2.24, 2.45) is 5.73 Å². The number of benzene rings is 1. The van der Waals surface area contributed by atoms with E-state index in [1.165, 1.54) is 19.3 Å². The van der Waals surface area contributed by atoms with E-state index in [9.17, 15) is 9.59 Å². The largest absolute Gasteiger partial charge is 0.375 e. The molecule has 7 heteroatoms. The van der Waals surface area contributed by atoms with Gasteiger partial charge >= 0.3 is 6.03 Å². The standard InChI is InChI=1S/C20H30N4O3/c21-19(25)13-16-6-4-7-17(12-16)22-20(26)24-10-5-11-27-18(15-24)14-23-8-2-1-3-9-23/h4,6-7,12,18H,1-3,5,8-11,13-15H2,(H2,21,25)(H,22,26). The summed E-state index contributed by atoms with van der Waals surface area (Å²) in [4.78, 5) is 28.1. The third-order valence-corrected chi connectivity index (χ3v) is 5.10. The molecule has 7 nitrogen and oxygen atoms in total. The number of likely N-dealkylation sites (tertiary alicyclic amines) is 1. The summed E-state index contributed by atoms with van der Waals surface area (Å²) in [6, 6.07) is 7.14. The smallest absolute Gasteiger partial charge is 0.321 e. The lowest BCUT2D eigenvalue weighted by atomic mass is 10.1. The van der Waals surface area contributed by atoms with Crippen molar-refractivity contribution in [3.05, 3.63) is 29.8 Å². The van der Waals surface area contributed by atoms with E-state index in [1.807, 2.05) is 23.1 Å². The first-order valence-electron chi connectivity index (χ1n) is 9.87. The number of hydrogen-bond donors (Lipinski definition) is 2. The van der Waals surface area contributed by atoms with Gasteiger partial charge in [-0.15, -0.1) is 0 Å². The van der Waals surface area contributed by atoms with Crippen LogP contribution in [0.4, 0.5) is 10.5 Å². The Labute approximate surface area is 160 Å². The molecule has 0 bridgehead atoms. The highest BCUT2D eigenvalue weighted by atomic mass is 16.5. The Morgan fingerprint density at radius 2 is 1.96 bits per heavy atom. The lowest BCUT2D eigenvalue weighted by molar-refractivity contribution is -0.117. The monoisotopic (exact) mass is 374 g/mol. The van der Waals surface area contributed by atoms with E-state index in [2.05, 4.69) is 10.2 Å². The molecule has 2 saturated heterocycles. The Bertz CT molecular complexity index is 646. The van der Waals surface area contributed by atoms with E-state index >= 15 is 0 Å². The predicted molar refractivity (Wildman–Crippen MR) is 105 cm³/mol. The summed E-state index contributed by atoms with van der Waals surface area (Å²) in [7, 11) is 0. The van der Waals surface area contributed by atoms with E-state index in [4.69, 9.17) is 10.5 Å². The number of hydrogen-bond acceptors (Lipinski definition) is 4. The topological polar surface area (TPSA) is 87.9 Å². The molecule has 1 unspecified atom stereocenters. The minimum Gasteiger partial charge on any atom is -0.375 e. The van der Waals surface area contributed by atoms with Gasteiger partial charge in [-0.25, -0.2) is 4.79 Å². The van der Waals surface area contributed by atoms with Crippen LogP contribution in [0.5, 0.6) is 0 Å². The normalized spacial score (nSPS) is 21.5. The van der Waals surface area contributed by atoms with Crippen molar-refractivity contribution in [2.45, 2.75) is 38.2 Å². The number of nitrogens with two attached hydrogens (primary N) is 1. The summed E-state index contributed by atoms with van der Waals surface area (Å²) < 4.78 is 5.98. The molecule has 148 valence electrons. The molecule has 0 aliphatic carbocycles. The van der Waals surface area contributed by atoms with E-state index in [1.54, 1.807) is 6.07 Å². The zero-order valence-corrected chi connectivity index (χ0v) is 15.9. The molecule has 0 spiro atoms. The average Bonchev–Trinajstić information content (AvgIpc) is 2.88. The van der Waals surface area contributed by atoms with Crippen LogP contribution in [0.15, 0.2) is 24.3 Å². The van der Waals surface area contributed by atoms with Crippen LogP contribution in [0.3, 0.4) is 0 Å². The molecule has 27 heavy (non-hydrogen) atoms. The second-order valence-electron chi connectivity index (χ2n) is 7.43. The highest BCUT2D eigenvalue weighted by Crippen LogP contribution is 2.15. The lowest BCUT2D eigenvalue weighted by Crippen LogP contribution is -2.45. The van der Waals surface area contributed by atoms with Gasteiger partial charge in [0.15, 0.2) is 0 Å². The molecule has 0 radical (unpaired) electrons. The average molecular weight is 374 g/mol. The van der Waals surface area contributed by atoms with Crippen LogP contribution in [0.1, 0.15) is 31.2 Å². The number of urea groups is 1. The minimum atomic E-state index is -0.385. The fourth-order valence-electron chi connectivity index (χ4n) is 3.78. The van der Waals surface area contributed by atoms with Crippen molar-refractivity contribution >= 4 is 17.6 Å². The molecule has 2 aliphatic heterocycles. The maximum absolute atomic E-state index is 12.7. The van der Waals surface area contributed by atoms with Gasteiger partial charge < -0.3 is 25.6 Å². The Kier molecular flexibility index (Phi) is 7.06. The van der Waals surface area contributed by atoms with E-state index in [0.29, 0.717) is 25.4 Å². The van der Waals surface area contributed by atoms with Crippen LogP contribution in [-0.2, 0) is 16.0 Å². The SMILES string of the molecule is NC(=O)Cc1cccc(NC(=O)N2CCCOC(CN3CCCCC3)C2)c1. The second-order valence-corrected chi connectivity index (χ2v) is 7.43. The highest BCUT2D eigenvalue weighted by Gasteiger charge is 2.25. The molecule has 3 N–H and O–H groups in total. The number of primary amides is 1. The maximum atomic E-state index is 12.7. The molecule has 1 aromatic carbocycles. The Morgan fingerprint density at radius 1 is 1.15 bits per heavy atom. The number of anilines is 1. The first-order chi connectivity index (χ1) is 13.1. The number of ether oxygens (including phenoxy) is 1. The Hall–Kier alpha value is -2.12. The van der Waals surface area contributed by atoms with Gasteiger partial charge in [0.05, 0.1) is 12.5 Å². The van der Waals surface area contributed by atoms with Gasteiger partial charge in [0, 0.05) is 31.9 Å². The quantitative estimate of drug-likeness (QED) is 0.823. The predicted octanol–water partition coefficient (Wildman–Crippen LogP) is 1.82. The number of piperidine rings is 1. The molecular formula is C20H30N4O3. The second kappa shape index (κ2) is 9.71. The molecule has 2 heterocycles. The van der Waals surface area contributed by atoms with Crippen LogP contribution in [0, 0.1) is 0 Å². The number of amides is 3. The van der Waals surface area contributed by atoms with E-state index in [0.717, 1.165) is 31.6 Å². The zero-order valence-electron chi connectivity index (χ0n) is 15.9. The van der Waals surface area contributed by atoms with Crippen LogP contribution >= 0.6 is 0 Å². The van der Waals surface area contributed by atoms with E-state index < -0.39 is 0 Å². The molecule has 0 aromatic heterocycles. The first-order valence-corrected chi connectivity index (χ1v) is 9.87. The van der Waals surface area contributed by atoms with E-state index in [-0.39, 0.29) is 24.5 Å². The molecular weight excluding hydrogens is 344 g/mol. The van der Waals surface area contributed by atoms with Crippen LogP contribution in [-0.4, -0.2) is 67.2 Å². The number of nitrogens with zero attached hydrogens (tertiary/aromatic N) is 2. The molecule has 3 rings (SSSR count). The lowest BCUT2D eigenvalue weighted by Gasteiger charge is -2.31. The summed E-state index contributed by atoms with van der Waals surface area (Å²) in [6.07, 6.45) is 4.87. The number of carbonyl (C=O) groups is 2. The summed E-state index contributed by atoms with van der Waals surface area (Å²) in [5, 5.41) is 2.94. The van der Waals surface area contributed by atoms with Gasteiger partial charge in [-0.3, -0.25) is 4.79 Å². The molecule has 2 aliphatic rings. The van der Waals surface area contributed by atoms with Crippen molar-refractivity contribution in [3.8, 4) is 0 Å². The zero-order chi connectivity index (χ0) is 19.1. The van der Waals surface area contributed by atoms with Crippen molar-refractivity contribution in [3.63, 3.8) is 0 Å². The fourth-order valence-corrected chi connectivity index (χ4v) is 3.78. The van der Waals surface area contributed by atoms with Crippen LogP contribution < -0.4 is 11.1 Å². The van der Waals surface area contributed by atoms with Crippen molar-refractivity contribution in [2.75, 3.05) is 44.6 Å². The van der Waals surface area contributed by atoms with Gasteiger partial charge in [-0.05, 0) is 50.0 Å². The molecule has 0 saturated carbocycles. The van der Waals surface area contributed by atoms with Crippen molar-refractivity contribution in [1.82, 2.24) is 9.80 Å². The fraction of sp³-hybridized carbons (Fsp3) is 0.600. The summed E-state index contributed by atoms with van der Waals surface area (Å²) in [6.45, 7) is 5.11. The maximum Gasteiger partial charge on any atom is 0.321 e. The number of nitrogens with one attached hydrogen (secondary N) is 1. The van der Waals surface area contributed by atoms with Gasteiger partial charge in [-0.1, -0.05) is 18.6 Å². The summed E-state index contributed by atoms with van der Waals surface area (Å²) in [5.74, 6) is -0.385. The molecule has 1 atom stereocenters.